The molecule has 0 aliphatic carbocycles. The van der Waals surface area contributed by atoms with Gasteiger partial charge in [-0.15, -0.1) is 5.10 Å². The lowest BCUT2D eigenvalue weighted by Crippen LogP contribution is -2.54. The Balaban J connectivity index is 1.41. The Labute approximate surface area is 269 Å². The molecular formula is C33H36F3N7O4. The van der Waals surface area contributed by atoms with Crippen molar-refractivity contribution in [2.24, 2.45) is 0 Å². The zero-order valence-electron chi connectivity index (χ0n) is 26.8. The zero-order valence-corrected chi connectivity index (χ0v) is 26.8. The van der Waals surface area contributed by atoms with Crippen molar-refractivity contribution in [1.29, 1.82) is 0 Å². The molecule has 2 atom stereocenters. The predicted molar refractivity (Wildman–Crippen MR) is 169 cm³/mol. The van der Waals surface area contributed by atoms with E-state index < -0.39 is 36.1 Å². The fourth-order valence-corrected chi connectivity index (χ4v) is 6.12. The number of benzene rings is 2. The Morgan fingerprint density at radius 1 is 0.979 bits per heavy atom. The van der Waals surface area contributed by atoms with Gasteiger partial charge in [-0.2, -0.15) is 13.2 Å². The summed E-state index contributed by atoms with van der Waals surface area (Å²) in [5.41, 5.74) is 0.397. The van der Waals surface area contributed by atoms with Gasteiger partial charge in [-0.25, -0.2) is 19.4 Å². The summed E-state index contributed by atoms with van der Waals surface area (Å²) in [6.07, 6.45) is -4.77. The van der Waals surface area contributed by atoms with Crippen molar-refractivity contribution < 1.29 is 32.2 Å². The van der Waals surface area contributed by atoms with Crippen molar-refractivity contribution in [1.82, 2.24) is 24.6 Å². The smallest absolute Gasteiger partial charge is 0.410 e. The highest BCUT2D eigenvalue weighted by atomic mass is 19.4. The molecule has 2 aliphatic rings. The SMILES string of the molecule is COc1ccc(CN2C(=O)C[C@@H](C(F)(F)F)c3c2ncnc3-n2nc(N3CCN(C(=O)OC(C)(C)C)C[C@H]3C)c3ccccc32)cc1. The van der Waals surface area contributed by atoms with Crippen LogP contribution in [0.2, 0.25) is 0 Å². The van der Waals surface area contributed by atoms with Gasteiger partial charge in [0.25, 0.3) is 0 Å². The Bertz CT molecular complexity index is 1800. The molecular weight excluding hydrogens is 615 g/mol. The van der Waals surface area contributed by atoms with Gasteiger partial charge in [-0.1, -0.05) is 24.3 Å². The second-order valence-corrected chi connectivity index (χ2v) is 12.8. The Kier molecular flexibility index (Phi) is 8.22. The average Bonchev–Trinajstić information content (AvgIpc) is 3.40. The number of carbonyl (C=O) groups is 2. The molecule has 1 fully saturated rings. The monoisotopic (exact) mass is 651 g/mol. The summed E-state index contributed by atoms with van der Waals surface area (Å²) in [6.45, 7) is 8.59. The third kappa shape index (κ3) is 6.28. The van der Waals surface area contributed by atoms with E-state index in [2.05, 4.69) is 9.97 Å². The highest BCUT2D eigenvalue weighted by Gasteiger charge is 2.50. The van der Waals surface area contributed by atoms with E-state index in [0.717, 1.165) is 0 Å². The van der Waals surface area contributed by atoms with Crippen LogP contribution in [-0.2, 0) is 16.1 Å². The lowest BCUT2D eigenvalue weighted by molar-refractivity contribution is -0.157. The summed E-state index contributed by atoms with van der Waals surface area (Å²) >= 11 is 0. The molecule has 0 bridgehead atoms. The molecule has 0 N–H and O–H groups in total. The average molecular weight is 652 g/mol. The summed E-state index contributed by atoms with van der Waals surface area (Å²) in [4.78, 5) is 39.6. The third-order valence-corrected chi connectivity index (χ3v) is 8.34. The van der Waals surface area contributed by atoms with Gasteiger partial charge in [0.15, 0.2) is 11.6 Å². The van der Waals surface area contributed by atoms with Crippen LogP contribution in [0.4, 0.5) is 29.6 Å². The number of rotatable bonds is 5. The van der Waals surface area contributed by atoms with Crippen LogP contribution in [0.25, 0.3) is 16.7 Å². The number of piperazine rings is 1. The Hall–Kier alpha value is -4.88. The number of hydrogen-bond acceptors (Lipinski definition) is 8. The van der Waals surface area contributed by atoms with E-state index in [1.807, 2.05) is 44.7 Å². The minimum absolute atomic E-state index is 0.0153. The molecule has 6 rings (SSSR count). The standard InChI is InChI=1S/C33H36F3N7O4/c1-20-17-40(31(45)47-32(2,3)4)14-15-41(20)28-23-8-6-7-9-25(23)43(39-28)30-27-24(33(34,35)36)16-26(44)42(29(27)37-19-38-30)18-21-10-12-22(46-5)13-11-21/h6-13,19-20,24H,14-18H2,1-5H3/t20-,24-/m1/s1. The minimum Gasteiger partial charge on any atom is -0.497 e. The van der Waals surface area contributed by atoms with E-state index in [0.29, 0.717) is 47.7 Å². The van der Waals surface area contributed by atoms with Gasteiger partial charge < -0.3 is 19.3 Å². The van der Waals surface area contributed by atoms with E-state index in [4.69, 9.17) is 14.6 Å². The van der Waals surface area contributed by atoms with E-state index in [1.54, 1.807) is 41.3 Å². The highest BCUT2D eigenvalue weighted by Crippen LogP contribution is 2.47. The zero-order chi connectivity index (χ0) is 33.7. The van der Waals surface area contributed by atoms with Gasteiger partial charge in [-0.05, 0) is 57.5 Å². The first-order valence-electron chi connectivity index (χ1n) is 15.3. The highest BCUT2D eigenvalue weighted by molar-refractivity contribution is 5.97. The summed E-state index contributed by atoms with van der Waals surface area (Å²) in [6, 6.07) is 14.0. The van der Waals surface area contributed by atoms with Crippen LogP contribution in [0.3, 0.4) is 0 Å². The number of aromatic nitrogens is 4. The number of fused-ring (bicyclic) bond motifs is 2. The Morgan fingerprint density at radius 2 is 1.68 bits per heavy atom. The minimum atomic E-state index is -4.74. The molecule has 14 heteroatoms. The van der Waals surface area contributed by atoms with Gasteiger partial charge in [0.1, 0.15) is 23.5 Å². The number of amides is 2. The maximum absolute atomic E-state index is 14.7. The molecule has 2 aromatic carbocycles. The number of hydrogen-bond donors (Lipinski definition) is 0. The van der Waals surface area contributed by atoms with Crippen molar-refractivity contribution >= 4 is 34.5 Å². The van der Waals surface area contributed by atoms with Crippen molar-refractivity contribution in [3.8, 4) is 11.6 Å². The van der Waals surface area contributed by atoms with Gasteiger partial charge in [-0.3, -0.25) is 9.69 Å². The van der Waals surface area contributed by atoms with Gasteiger partial charge >= 0.3 is 12.3 Å². The number of alkyl halides is 3. The second kappa shape index (κ2) is 12.0. The van der Waals surface area contributed by atoms with E-state index in [-0.39, 0.29) is 29.8 Å². The molecule has 47 heavy (non-hydrogen) atoms. The largest absolute Gasteiger partial charge is 0.497 e. The predicted octanol–water partition coefficient (Wildman–Crippen LogP) is 5.85. The number of ether oxygens (including phenoxy) is 2. The molecule has 2 aromatic heterocycles. The first kappa shape index (κ1) is 32.1. The molecule has 0 radical (unpaired) electrons. The van der Waals surface area contributed by atoms with Crippen molar-refractivity contribution in [2.75, 3.05) is 36.5 Å². The van der Waals surface area contributed by atoms with Gasteiger partial charge in [0, 0.05) is 37.5 Å². The van der Waals surface area contributed by atoms with Crippen molar-refractivity contribution in [3.63, 3.8) is 0 Å². The van der Waals surface area contributed by atoms with Crippen LogP contribution in [0.5, 0.6) is 5.75 Å². The first-order valence-corrected chi connectivity index (χ1v) is 15.3. The number of halogens is 3. The summed E-state index contributed by atoms with van der Waals surface area (Å²) in [5.74, 6) is -1.81. The molecule has 4 aromatic rings. The maximum atomic E-state index is 14.7. The number of nitrogens with zero attached hydrogens (tertiary/aromatic N) is 7. The molecule has 2 aliphatic heterocycles. The lowest BCUT2D eigenvalue weighted by atomic mass is 9.90. The molecule has 0 saturated carbocycles. The first-order chi connectivity index (χ1) is 22.2. The van der Waals surface area contributed by atoms with Crippen molar-refractivity contribution in [2.45, 2.75) is 64.4 Å². The van der Waals surface area contributed by atoms with Crippen LogP contribution in [-0.4, -0.2) is 81.2 Å². The number of methoxy groups -OCH3 is 1. The second-order valence-electron chi connectivity index (χ2n) is 12.8. The molecule has 11 nitrogen and oxygen atoms in total. The number of anilines is 2. The van der Waals surface area contributed by atoms with Gasteiger partial charge in [0.2, 0.25) is 5.91 Å². The Morgan fingerprint density at radius 3 is 2.34 bits per heavy atom. The van der Waals surface area contributed by atoms with Crippen LogP contribution < -0.4 is 14.5 Å². The molecule has 1 saturated heterocycles. The molecule has 0 unspecified atom stereocenters. The van der Waals surface area contributed by atoms with Crippen LogP contribution in [0.15, 0.2) is 54.9 Å². The molecule has 0 spiro atoms. The lowest BCUT2D eigenvalue weighted by Gasteiger charge is -2.40. The van der Waals surface area contributed by atoms with E-state index in [1.165, 1.54) is 23.0 Å². The summed E-state index contributed by atoms with van der Waals surface area (Å²) < 4.78 is 56.2. The van der Waals surface area contributed by atoms with Crippen LogP contribution >= 0.6 is 0 Å². The topological polar surface area (TPSA) is 106 Å². The number of para-hydroxylation sites is 1. The molecule has 248 valence electrons. The fraction of sp³-hybridized carbons (Fsp3) is 0.424. The molecule has 2 amide bonds. The summed E-state index contributed by atoms with van der Waals surface area (Å²) in [7, 11) is 1.53. The van der Waals surface area contributed by atoms with E-state index in [9.17, 15) is 22.8 Å². The van der Waals surface area contributed by atoms with E-state index >= 15 is 0 Å². The van der Waals surface area contributed by atoms with Gasteiger partial charge in [0.05, 0.1) is 30.7 Å². The third-order valence-electron chi connectivity index (χ3n) is 8.34. The van der Waals surface area contributed by atoms with Crippen LogP contribution in [0.1, 0.15) is 51.2 Å². The quantitative estimate of drug-likeness (QED) is 0.265. The molecule has 4 heterocycles. The summed E-state index contributed by atoms with van der Waals surface area (Å²) in [5, 5.41) is 5.58. The fourth-order valence-electron chi connectivity index (χ4n) is 6.12. The van der Waals surface area contributed by atoms with Crippen molar-refractivity contribution in [3.05, 3.63) is 66.0 Å². The maximum Gasteiger partial charge on any atom is 0.410 e. The normalized spacial score (nSPS) is 18.8. The number of carbonyl (C=O) groups excluding carboxylic acids is 2. The van der Waals surface area contributed by atoms with Crippen LogP contribution in [0, 0.1) is 0 Å².